The number of aromatic nitrogens is 3. The Balaban J connectivity index is 2.55. The zero-order chi connectivity index (χ0) is 12.4. The zero-order valence-corrected chi connectivity index (χ0v) is 11.3. The van der Waals surface area contributed by atoms with Gasteiger partial charge in [-0.05, 0) is 31.2 Å². The molecule has 0 aromatic carbocycles. The van der Waals surface area contributed by atoms with Crippen LogP contribution in [-0.4, -0.2) is 26.5 Å². The Bertz CT molecular complexity index is 520. The number of pyridine rings is 1. The summed E-state index contributed by atoms with van der Waals surface area (Å²) in [6, 6.07) is 2.39. The number of aryl methyl sites for hydroxylation is 1. The van der Waals surface area contributed by atoms with Crippen LogP contribution in [0.3, 0.4) is 0 Å². The molecule has 92 valence electrons. The van der Waals surface area contributed by atoms with E-state index in [1.807, 2.05) is 30.9 Å². The van der Waals surface area contributed by atoms with Crippen LogP contribution in [0.5, 0.6) is 0 Å². The quantitative estimate of drug-likeness (QED) is 0.906. The maximum absolute atomic E-state index is 6.01. The number of hydrogen-bond donors (Lipinski definition) is 1. The van der Waals surface area contributed by atoms with E-state index < -0.39 is 0 Å². The zero-order valence-electron chi connectivity index (χ0n) is 10.5. The van der Waals surface area contributed by atoms with Crippen LogP contribution in [-0.2, 0) is 0 Å². The van der Waals surface area contributed by atoms with Crippen LogP contribution in [0.15, 0.2) is 12.3 Å². The topological polar surface area (TPSA) is 56.7 Å². The van der Waals surface area contributed by atoms with Gasteiger partial charge < -0.3 is 5.73 Å². The van der Waals surface area contributed by atoms with Crippen molar-refractivity contribution in [3.8, 4) is 0 Å². The van der Waals surface area contributed by atoms with Crippen LogP contribution in [0.25, 0.3) is 11.2 Å². The van der Waals surface area contributed by atoms with Crippen molar-refractivity contribution in [2.24, 2.45) is 0 Å². The van der Waals surface area contributed by atoms with Crippen LogP contribution in [0.4, 0.5) is 5.95 Å². The van der Waals surface area contributed by atoms with E-state index in [9.17, 15) is 0 Å². The Kier molecular flexibility index (Phi) is 3.57. The standard InChI is InChI=1S/C12H18N4S/c1-4-9(7-17-3)16-11-10(15-12(16)13)5-8(2)6-14-11/h5-6,9H,4,7H2,1-3H3,(H2,13,15). The largest absolute Gasteiger partial charge is 0.369 e. The minimum atomic E-state index is 0.366. The highest BCUT2D eigenvalue weighted by Crippen LogP contribution is 2.25. The predicted octanol–water partition coefficient (Wildman–Crippen LogP) is 2.64. The average molecular weight is 250 g/mol. The Morgan fingerprint density at radius 1 is 1.53 bits per heavy atom. The predicted molar refractivity (Wildman–Crippen MR) is 74.4 cm³/mol. The van der Waals surface area contributed by atoms with Gasteiger partial charge in [0.1, 0.15) is 5.52 Å². The molecule has 0 radical (unpaired) electrons. The van der Waals surface area contributed by atoms with Gasteiger partial charge in [-0.15, -0.1) is 0 Å². The lowest BCUT2D eigenvalue weighted by molar-refractivity contribution is 0.557. The molecule has 2 N–H and O–H groups in total. The third-order valence-electron chi connectivity index (χ3n) is 2.89. The van der Waals surface area contributed by atoms with Crippen molar-refractivity contribution < 1.29 is 0 Å². The highest BCUT2D eigenvalue weighted by Gasteiger charge is 2.16. The van der Waals surface area contributed by atoms with Crippen molar-refractivity contribution in [3.63, 3.8) is 0 Å². The number of nitrogens with zero attached hydrogens (tertiary/aromatic N) is 3. The summed E-state index contributed by atoms with van der Waals surface area (Å²) in [7, 11) is 0. The lowest BCUT2D eigenvalue weighted by Gasteiger charge is -2.17. The molecular weight excluding hydrogens is 232 g/mol. The molecule has 0 fully saturated rings. The summed E-state index contributed by atoms with van der Waals surface area (Å²) >= 11 is 1.82. The molecule has 2 aromatic heterocycles. The first kappa shape index (κ1) is 12.2. The second-order valence-electron chi connectivity index (χ2n) is 4.21. The van der Waals surface area contributed by atoms with Gasteiger partial charge in [0.15, 0.2) is 5.65 Å². The molecule has 0 aliphatic heterocycles. The fourth-order valence-corrected chi connectivity index (χ4v) is 2.80. The van der Waals surface area contributed by atoms with E-state index in [2.05, 4.69) is 27.7 Å². The summed E-state index contributed by atoms with van der Waals surface area (Å²) < 4.78 is 2.06. The number of nitrogen functional groups attached to an aromatic ring is 1. The average Bonchev–Trinajstić information content (AvgIpc) is 2.61. The lowest BCUT2D eigenvalue weighted by Crippen LogP contribution is -2.13. The van der Waals surface area contributed by atoms with E-state index >= 15 is 0 Å². The maximum atomic E-state index is 6.01. The number of nitrogens with two attached hydrogens (primary N) is 1. The van der Waals surface area contributed by atoms with Gasteiger partial charge in [0, 0.05) is 18.0 Å². The number of rotatable bonds is 4. The molecule has 2 aromatic rings. The highest BCUT2D eigenvalue weighted by molar-refractivity contribution is 7.98. The molecule has 0 aliphatic rings. The maximum Gasteiger partial charge on any atom is 0.202 e. The van der Waals surface area contributed by atoms with Gasteiger partial charge in [-0.2, -0.15) is 11.8 Å². The van der Waals surface area contributed by atoms with E-state index in [0.29, 0.717) is 12.0 Å². The van der Waals surface area contributed by atoms with Gasteiger partial charge in [0.25, 0.3) is 0 Å². The van der Waals surface area contributed by atoms with E-state index in [-0.39, 0.29) is 0 Å². The molecule has 0 bridgehead atoms. The van der Waals surface area contributed by atoms with Crippen LogP contribution in [0.2, 0.25) is 0 Å². The number of imidazole rings is 1. The van der Waals surface area contributed by atoms with Gasteiger partial charge in [0.05, 0.1) is 0 Å². The molecule has 0 aliphatic carbocycles. The Morgan fingerprint density at radius 2 is 2.29 bits per heavy atom. The highest BCUT2D eigenvalue weighted by atomic mass is 32.2. The molecule has 5 heteroatoms. The molecule has 17 heavy (non-hydrogen) atoms. The molecule has 1 unspecified atom stereocenters. The molecule has 1 atom stereocenters. The fourth-order valence-electron chi connectivity index (χ4n) is 2.03. The van der Waals surface area contributed by atoms with Crippen molar-refractivity contribution in [1.29, 1.82) is 0 Å². The first-order chi connectivity index (χ1) is 8.17. The second-order valence-corrected chi connectivity index (χ2v) is 5.12. The fraction of sp³-hybridized carbons (Fsp3) is 0.500. The van der Waals surface area contributed by atoms with Crippen LogP contribution in [0.1, 0.15) is 24.9 Å². The Labute approximate surface area is 106 Å². The summed E-state index contributed by atoms with van der Waals surface area (Å²) in [4.78, 5) is 8.86. The molecule has 0 spiro atoms. The second kappa shape index (κ2) is 4.96. The molecule has 4 nitrogen and oxygen atoms in total. The normalized spacial score (nSPS) is 13.1. The minimum Gasteiger partial charge on any atom is -0.369 e. The van der Waals surface area contributed by atoms with Gasteiger partial charge >= 0.3 is 0 Å². The van der Waals surface area contributed by atoms with E-state index in [1.165, 1.54) is 0 Å². The molecule has 0 saturated carbocycles. The molecular formula is C12H18N4S. The Morgan fingerprint density at radius 3 is 2.94 bits per heavy atom. The minimum absolute atomic E-state index is 0.366. The number of thioether (sulfide) groups is 1. The SMILES string of the molecule is CCC(CSC)n1c(N)nc2cc(C)cnc21. The molecule has 2 rings (SSSR count). The first-order valence-electron chi connectivity index (χ1n) is 5.76. The smallest absolute Gasteiger partial charge is 0.202 e. The molecule has 2 heterocycles. The summed E-state index contributed by atoms with van der Waals surface area (Å²) in [6.45, 7) is 4.18. The van der Waals surface area contributed by atoms with Crippen LogP contribution < -0.4 is 5.73 Å². The number of hydrogen-bond acceptors (Lipinski definition) is 4. The van der Waals surface area contributed by atoms with Crippen molar-refractivity contribution in [3.05, 3.63) is 17.8 Å². The molecule has 0 amide bonds. The summed E-state index contributed by atoms with van der Waals surface area (Å²) in [5, 5.41) is 0. The van der Waals surface area contributed by atoms with Gasteiger partial charge in [-0.25, -0.2) is 9.97 Å². The molecule has 0 saturated heterocycles. The van der Waals surface area contributed by atoms with Gasteiger partial charge in [-0.3, -0.25) is 4.57 Å². The van der Waals surface area contributed by atoms with Crippen LogP contribution in [0, 0.1) is 6.92 Å². The number of fused-ring (bicyclic) bond motifs is 1. The summed E-state index contributed by atoms with van der Waals surface area (Å²) in [6.07, 6.45) is 5.01. The first-order valence-corrected chi connectivity index (χ1v) is 7.15. The third kappa shape index (κ3) is 2.24. The van der Waals surface area contributed by atoms with Crippen molar-refractivity contribution in [1.82, 2.24) is 14.5 Å². The summed E-state index contributed by atoms with van der Waals surface area (Å²) in [5.41, 5.74) is 8.91. The Hall–Kier alpha value is -1.23. The van der Waals surface area contributed by atoms with Gasteiger partial charge in [-0.1, -0.05) is 6.92 Å². The lowest BCUT2D eigenvalue weighted by atomic mass is 10.2. The van der Waals surface area contributed by atoms with E-state index in [0.717, 1.165) is 28.9 Å². The summed E-state index contributed by atoms with van der Waals surface area (Å²) in [5.74, 6) is 1.60. The van der Waals surface area contributed by atoms with Crippen molar-refractivity contribution in [2.45, 2.75) is 26.3 Å². The number of anilines is 1. The van der Waals surface area contributed by atoms with Crippen molar-refractivity contribution >= 4 is 28.9 Å². The van der Waals surface area contributed by atoms with Crippen molar-refractivity contribution in [2.75, 3.05) is 17.7 Å². The van der Waals surface area contributed by atoms with E-state index in [4.69, 9.17) is 5.73 Å². The van der Waals surface area contributed by atoms with E-state index in [1.54, 1.807) is 0 Å². The third-order valence-corrected chi connectivity index (χ3v) is 3.61. The monoisotopic (exact) mass is 250 g/mol. The van der Waals surface area contributed by atoms with Crippen LogP contribution >= 0.6 is 11.8 Å². The van der Waals surface area contributed by atoms with Gasteiger partial charge in [0.2, 0.25) is 5.95 Å².